The zero-order valence-corrected chi connectivity index (χ0v) is 29.8. The maximum Gasteiger partial charge on any atom is 0.306 e. The Bertz CT molecular complexity index is 1160. The Morgan fingerprint density at radius 2 is 1.47 bits per heavy atom. The fraction of sp³-hybridized carbons (Fsp3) is 0.825. The van der Waals surface area contributed by atoms with Crippen LogP contribution in [0, 0.1) is 28.6 Å². The van der Waals surface area contributed by atoms with Crippen molar-refractivity contribution in [3.05, 3.63) is 23.8 Å². The second-order valence-corrected chi connectivity index (χ2v) is 15.9. The number of carbonyl (C=O) groups excluding carboxylic acids is 3. The first-order chi connectivity index (χ1) is 22.4. The van der Waals surface area contributed by atoms with E-state index in [1.807, 2.05) is 13.8 Å². The van der Waals surface area contributed by atoms with Crippen LogP contribution in [-0.2, 0) is 19.1 Å². The molecule has 2 N–H and O–H groups in total. The molecule has 4 rings (SSSR count). The number of esters is 1. The molecule has 3 saturated carbocycles. The van der Waals surface area contributed by atoms with Gasteiger partial charge in [-0.25, -0.2) is 4.39 Å². The van der Waals surface area contributed by atoms with Gasteiger partial charge in [0.25, 0.3) is 0 Å². The number of Topliss-reactive ketones (excluding diaryl/α,β-unsaturated/α-hetero) is 1. The molecule has 266 valence electrons. The molecule has 0 spiro atoms. The van der Waals surface area contributed by atoms with Crippen LogP contribution >= 0.6 is 0 Å². The number of carbonyl (C=O) groups is 3. The number of aliphatic hydroxyl groups is 2. The first-order valence-electron chi connectivity index (χ1n) is 19.1. The molecular formula is C40H63FO6. The van der Waals surface area contributed by atoms with Crippen LogP contribution in [0.3, 0.4) is 0 Å². The Morgan fingerprint density at radius 1 is 0.915 bits per heavy atom. The lowest BCUT2D eigenvalue weighted by Crippen LogP contribution is -2.70. The van der Waals surface area contributed by atoms with Gasteiger partial charge < -0.3 is 14.9 Å². The highest BCUT2D eigenvalue weighted by atomic mass is 19.1. The van der Waals surface area contributed by atoms with Crippen LogP contribution in [0.25, 0.3) is 0 Å². The van der Waals surface area contributed by atoms with Gasteiger partial charge in [-0.3, -0.25) is 14.4 Å². The number of allylic oxidation sites excluding steroid dienone is 4. The predicted octanol–water partition coefficient (Wildman–Crippen LogP) is 8.71. The summed E-state index contributed by atoms with van der Waals surface area (Å²) < 4.78 is 23.7. The first kappa shape index (κ1) is 38.0. The average Bonchev–Trinajstić information content (AvgIpc) is 3.25. The molecular weight excluding hydrogens is 595 g/mol. The van der Waals surface area contributed by atoms with Gasteiger partial charge >= 0.3 is 5.97 Å². The summed E-state index contributed by atoms with van der Waals surface area (Å²) in [6, 6.07) is 0. The molecule has 4 aliphatic rings. The monoisotopic (exact) mass is 658 g/mol. The summed E-state index contributed by atoms with van der Waals surface area (Å²) in [5, 5.41) is 21.8. The smallest absolute Gasteiger partial charge is 0.306 e. The maximum absolute atomic E-state index is 17.5. The highest BCUT2D eigenvalue weighted by Gasteiger charge is 2.77. The van der Waals surface area contributed by atoms with Gasteiger partial charge in [0.15, 0.2) is 17.1 Å². The maximum atomic E-state index is 17.5. The van der Waals surface area contributed by atoms with Gasteiger partial charge in [-0.15, -0.1) is 0 Å². The molecule has 0 amide bonds. The van der Waals surface area contributed by atoms with Crippen LogP contribution in [0.1, 0.15) is 156 Å². The van der Waals surface area contributed by atoms with Crippen LogP contribution in [0.15, 0.2) is 23.8 Å². The van der Waals surface area contributed by atoms with E-state index in [1.165, 1.54) is 82.8 Å². The number of rotatable bonds is 19. The molecule has 0 radical (unpaired) electrons. The zero-order valence-electron chi connectivity index (χ0n) is 29.8. The minimum atomic E-state index is -2.03. The highest BCUT2D eigenvalue weighted by molar-refractivity contribution is 6.01. The van der Waals surface area contributed by atoms with Crippen LogP contribution in [0.5, 0.6) is 0 Å². The fourth-order valence-corrected chi connectivity index (χ4v) is 10.4. The number of ether oxygens (including phenoxy) is 1. The quantitative estimate of drug-likeness (QED) is 0.106. The van der Waals surface area contributed by atoms with Crippen molar-refractivity contribution in [2.24, 2.45) is 28.6 Å². The lowest BCUT2D eigenvalue weighted by atomic mass is 9.44. The van der Waals surface area contributed by atoms with Crippen molar-refractivity contribution in [3.8, 4) is 0 Å². The Labute approximate surface area is 283 Å². The molecule has 0 aromatic carbocycles. The van der Waals surface area contributed by atoms with Gasteiger partial charge in [-0.05, 0) is 57.1 Å². The highest BCUT2D eigenvalue weighted by Crippen LogP contribution is 2.71. The van der Waals surface area contributed by atoms with E-state index in [0.29, 0.717) is 31.3 Å². The number of halogens is 1. The van der Waals surface area contributed by atoms with E-state index in [9.17, 15) is 24.6 Å². The van der Waals surface area contributed by atoms with E-state index in [-0.39, 0.29) is 24.5 Å². The Balaban J connectivity index is 1.30. The van der Waals surface area contributed by atoms with Crippen molar-refractivity contribution in [3.63, 3.8) is 0 Å². The number of hydrogen-bond donors (Lipinski definition) is 2. The van der Waals surface area contributed by atoms with Crippen molar-refractivity contribution in [2.45, 2.75) is 173 Å². The Hall–Kier alpha value is -1.86. The van der Waals surface area contributed by atoms with Gasteiger partial charge in [0, 0.05) is 29.1 Å². The van der Waals surface area contributed by atoms with E-state index in [1.54, 1.807) is 13.0 Å². The van der Waals surface area contributed by atoms with Crippen molar-refractivity contribution < 1.29 is 33.7 Å². The first-order valence-corrected chi connectivity index (χ1v) is 19.1. The van der Waals surface area contributed by atoms with E-state index >= 15 is 4.39 Å². The molecule has 0 unspecified atom stereocenters. The Morgan fingerprint density at radius 3 is 2.02 bits per heavy atom. The van der Waals surface area contributed by atoms with Gasteiger partial charge in [-0.2, -0.15) is 0 Å². The molecule has 8 atom stereocenters. The molecule has 0 aliphatic heterocycles. The second kappa shape index (κ2) is 16.2. The van der Waals surface area contributed by atoms with E-state index in [0.717, 1.165) is 19.3 Å². The summed E-state index contributed by atoms with van der Waals surface area (Å²) in [5.41, 5.74) is -5.14. The minimum Gasteiger partial charge on any atom is -0.450 e. The van der Waals surface area contributed by atoms with Gasteiger partial charge in [0.2, 0.25) is 5.78 Å². The SMILES string of the molecule is CCCCCCCCCCCCCCCCCC(=O)O[C@]1(C(=O)CO)[C@H](C)C[C@H]2[C@@H]3CCC4=CC(=O)C=C[C@]4(C)[C@@]3(F)[C@@H](O)C[C@@]21C. The number of aliphatic hydroxyl groups excluding tert-OH is 2. The lowest BCUT2D eigenvalue weighted by Gasteiger charge is -2.62. The Kier molecular flexibility index (Phi) is 13.1. The van der Waals surface area contributed by atoms with E-state index < -0.39 is 58.4 Å². The fourth-order valence-electron chi connectivity index (χ4n) is 10.4. The summed E-state index contributed by atoms with van der Waals surface area (Å²) in [5.74, 6) is -2.58. The van der Waals surface area contributed by atoms with Crippen LogP contribution in [0.2, 0.25) is 0 Å². The molecule has 3 fully saturated rings. The molecule has 0 aromatic heterocycles. The third-order valence-electron chi connectivity index (χ3n) is 13.0. The molecule has 6 nitrogen and oxygen atoms in total. The third kappa shape index (κ3) is 7.23. The van der Waals surface area contributed by atoms with Crippen molar-refractivity contribution in [2.75, 3.05) is 6.61 Å². The molecule has 0 saturated heterocycles. The number of hydrogen-bond acceptors (Lipinski definition) is 6. The number of unbranched alkanes of at least 4 members (excludes halogenated alkanes) is 14. The van der Waals surface area contributed by atoms with Gasteiger partial charge in [-0.1, -0.05) is 122 Å². The second-order valence-electron chi connectivity index (χ2n) is 15.9. The summed E-state index contributed by atoms with van der Waals surface area (Å²) in [7, 11) is 0. The van der Waals surface area contributed by atoms with E-state index in [4.69, 9.17) is 4.74 Å². The largest absolute Gasteiger partial charge is 0.450 e. The third-order valence-corrected chi connectivity index (χ3v) is 13.0. The normalized spacial score (nSPS) is 36.0. The number of ketones is 2. The lowest BCUT2D eigenvalue weighted by molar-refractivity contribution is -0.228. The van der Waals surface area contributed by atoms with Crippen molar-refractivity contribution in [1.29, 1.82) is 0 Å². The average molecular weight is 659 g/mol. The van der Waals surface area contributed by atoms with Gasteiger partial charge in [0.05, 0.1) is 6.10 Å². The minimum absolute atomic E-state index is 0.0718. The van der Waals surface area contributed by atoms with Gasteiger partial charge in [0.1, 0.15) is 6.61 Å². The molecule has 0 heterocycles. The van der Waals surface area contributed by atoms with Crippen LogP contribution in [0.4, 0.5) is 4.39 Å². The summed E-state index contributed by atoms with van der Waals surface area (Å²) >= 11 is 0. The molecule has 4 aliphatic carbocycles. The van der Waals surface area contributed by atoms with Crippen molar-refractivity contribution >= 4 is 17.5 Å². The zero-order chi connectivity index (χ0) is 34.3. The molecule has 0 bridgehead atoms. The molecule has 0 aromatic rings. The standard InChI is InChI=1S/C40H63FO6/c1-5-6-7-8-9-10-11-12-13-14-15-16-17-18-19-20-36(46)47-40(35(45)28-42)29(2)25-33-32-22-21-30-26-31(43)23-24-37(30,3)39(32,41)34(44)27-38(33,40)4/h23-24,26,29,32-34,42,44H,5-22,25,27-28H2,1-4H3/t29-,32+,33+,34+,37+,38+,39+,40+/m1/s1. The molecule has 47 heavy (non-hydrogen) atoms. The van der Waals surface area contributed by atoms with Crippen LogP contribution in [-0.4, -0.2) is 51.7 Å². The summed E-state index contributed by atoms with van der Waals surface area (Å²) in [4.78, 5) is 39.2. The summed E-state index contributed by atoms with van der Waals surface area (Å²) in [6.07, 6.45) is 23.0. The summed E-state index contributed by atoms with van der Waals surface area (Å²) in [6.45, 7) is 6.95. The topological polar surface area (TPSA) is 101 Å². The number of alkyl halides is 1. The predicted molar refractivity (Wildman–Crippen MR) is 183 cm³/mol. The molecule has 7 heteroatoms. The number of fused-ring (bicyclic) bond motifs is 5. The van der Waals surface area contributed by atoms with Crippen molar-refractivity contribution in [1.82, 2.24) is 0 Å². The van der Waals surface area contributed by atoms with Crippen LogP contribution < -0.4 is 0 Å². The van der Waals surface area contributed by atoms with E-state index in [2.05, 4.69) is 6.92 Å².